The minimum Gasteiger partial charge on any atom is -0.362 e. The Hall–Kier alpha value is -1.66. The summed E-state index contributed by atoms with van der Waals surface area (Å²) >= 11 is 1.72. The summed E-state index contributed by atoms with van der Waals surface area (Å²) in [7, 11) is 0. The number of aromatic nitrogens is 2. The first-order valence-electron chi connectivity index (χ1n) is 5.30. The van der Waals surface area contributed by atoms with Crippen molar-refractivity contribution in [1.29, 1.82) is 0 Å². The van der Waals surface area contributed by atoms with Crippen molar-refractivity contribution in [2.45, 2.75) is 19.9 Å². The van der Waals surface area contributed by atoms with Crippen molar-refractivity contribution >= 4 is 23.0 Å². The van der Waals surface area contributed by atoms with Crippen LogP contribution in [0.15, 0.2) is 23.8 Å². The summed E-state index contributed by atoms with van der Waals surface area (Å²) < 4.78 is 0. The van der Waals surface area contributed by atoms with Gasteiger partial charge in [-0.15, -0.1) is 11.3 Å². The van der Waals surface area contributed by atoms with Gasteiger partial charge in [0.2, 0.25) is 0 Å². The minimum absolute atomic E-state index is 0.217. The maximum absolute atomic E-state index is 5.38. The second kappa shape index (κ2) is 5.11. The highest BCUT2D eigenvalue weighted by molar-refractivity contribution is 7.10. The van der Waals surface area contributed by atoms with Crippen LogP contribution in [-0.4, -0.2) is 9.97 Å². The SMILES string of the molecule is Cc1c(NN)ncnc1NC(C)c1cccs1. The molecule has 0 aliphatic carbocycles. The highest BCUT2D eigenvalue weighted by Gasteiger charge is 2.10. The second-order valence-corrected chi connectivity index (χ2v) is 4.70. The van der Waals surface area contributed by atoms with E-state index >= 15 is 0 Å². The first-order chi connectivity index (χ1) is 8.22. The summed E-state index contributed by atoms with van der Waals surface area (Å²) in [6.07, 6.45) is 1.49. The Labute approximate surface area is 104 Å². The summed E-state index contributed by atoms with van der Waals surface area (Å²) in [5.41, 5.74) is 3.47. The number of rotatable bonds is 4. The van der Waals surface area contributed by atoms with Gasteiger partial charge in [-0.2, -0.15) is 0 Å². The minimum atomic E-state index is 0.217. The van der Waals surface area contributed by atoms with Crippen LogP contribution in [0.3, 0.4) is 0 Å². The fourth-order valence-electron chi connectivity index (χ4n) is 1.56. The highest BCUT2D eigenvalue weighted by atomic mass is 32.1. The summed E-state index contributed by atoms with van der Waals surface area (Å²) in [5.74, 6) is 6.82. The lowest BCUT2D eigenvalue weighted by Crippen LogP contribution is -2.13. The zero-order valence-corrected chi connectivity index (χ0v) is 10.6. The molecule has 2 heterocycles. The molecule has 2 aromatic rings. The first kappa shape index (κ1) is 11.8. The topological polar surface area (TPSA) is 75.9 Å². The number of nitrogens with zero attached hydrogens (tertiary/aromatic N) is 2. The molecule has 0 amide bonds. The fraction of sp³-hybridized carbons (Fsp3) is 0.273. The van der Waals surface area contributed by atoms with Gasteiger partial charge in [0.15, 0.2) is 0 Å². The van der Waals surface area contributed by atoms with Gasteiger partial charge in [-0.25, -0.2) is 15.8 Å². The summed E-state index contributed by atoms with van der Waals surface area (Å²) in [5, 5.41) is 5.41. The average Bonchev–Trinajstić information content (AvgIpc) is 2.85. The third-order valence-corrected chi connectivity index (χ3v) is 3.60. The number of hydrogen-bond donors (Lipinski definition) is 3. The van der Waals surface area contributed by atoms with E-state index in [0.29, 0.717) is 5.82 Å². The van der Waals surface area contributed by atoms with Crippen LogP contribution in [0.4, 0.5) is 11.6 Å². The Morgan fingerprint density at radius 3 is 2.76 bits per heavy atom. The Kier molecular flexibility index (Phi) is 3.55. The Morgan fingerprint density at radius 2 is 2.12 bits per heavy atom. The number of thiophene rings is 1. The predicted molar refractivity (Wildman–Crippen MR) is 70.9 cm³/mol. The number of hydrogen-bond acceptors (Lipinski definition) is 6. The maximum atomic E-state index is 5.38. The molecule has 5 nitrogen and oxygen atoms in total. The largest absolute Gasteiger partial charge is 0.362 e. The van der Waals surface area contributed by atoms with Crippen molar-refractivity contribution < 1.29 is 0 Å². The molecule has 1 unspecified atom stereocenters. The molecule has 0 aliphatic heterocycles. The molecule has 4 N–H and O–H groups in total. The molecule has 0 saturated carbocycles. The molecule has 0 spiro atoms. The van der Waals surface area contributed by atoms with Crippen LogP contribution in [0.25, 0.3) is 0 Å². The molecule has 0 fully saturated rings. The van der Waals surface area contributed by atoms with Crippen molar-refractivity contribution in [3.63, 3.8) is 0 Å². The van der Waals surface area contributed by atoms with Crippen LogP contribution in [0.1, 0.15) is 23.4 Å². The van der Waals surface area contributed by atoms with E-state index in [1.54, 1.807) is 11.3 Å². The van der Waals surface area contributed by atoms with Crippen molar-refractivity contribution in [2.75, 3.05) is 10.7 Å². The van der Waals surface area contributed by atoms with Gasteiger partial charge in [0, 0.05) is 10.4 Å². The summed E-state index contributed by atoms with van der Waals surface area (Å²) in [4.78, 5) is 9.54. The van der Waals surface area contributed by atoms with Gasteiger partial charge in [0.05, 0.1) is 6.04 Å². The van der Waals surface area contributed by atoms with Crippen molar-refractivity contribution in [2.24, 2.45) is 5.84 Å². The van der Waals surface area contributed by atoms with Crippen molar-refractivity contribution in [1.82, 2.24) is 9.97 Å². The molecule has 0 aromatic carbocycles. The van der Waals surface area contributed by atoms with E-state index in [9.17, 15) is 0 Å². The molecule has 0 saturated heterocycles. The Morgan fingerprint density at radius 1 is 1.35 bits per heavy atom. The molecule has 0 aliphatic rings. The average molecular weight is 249 g/mol. The molecule has 90 valence electrons. The van der Waals surface area contributed by atoms with Crippen LogP contribution in [-0.2, 0) is 0 Å². The molecule has 0 bridgehead atoms. The van der Waals surface area contributed by atoms with Crippen LogP contribution in [0.5, 0.6) is 0 Å². The number of anilines is 2. The number of hydrazine groups is 1. The van der Waals surface area contributed by atoms with Crippen molar-refractivity contribution in [3.8, 4) is 0 Å². The van der Waals surface area contributed by atoms with E-state index in [-0.39, 0.29) is 6.04 Å². The normalized spacial score (nSPS) is 12.2. The quantitative estimate of drug-likeness (QED) is 0.572. The third-order valence-electron chi connectivity index (χ3n) is 2.54. The van der Waals surface area contributed by atoms with Gasteiger partial charge < -0.3 is 10.7 Å². The number of nitrogens with one attached hydrogen (secondary N) is 2. The molecule has 1 atom stereocenters. The molecule has 2 rings (SSSR count). The van der Waals surface area contributed by atoms with Crippen LogP contribution < -0.4 is 16.6 Å². The smallest absolute Gasteiger partial charge is 0.148 e. The summed E-state index contributed by atoms with van der Waals surface area (Å²) in [6.45, 7) is 4.03. The lowest BCUT2D eigenvalue weighted by atomic mass is 10.2. The van der Waals surface area contributed by atoms with E-state index in [1.807, 2.05) is 13.0 Å². The zero-order chi connectivity index (χ0) is 12.3. The zero-order valence-electron chi connectivity index (χ0n) is 9.77. The van der Waals surface area contributed by atoms with Gasteiger partial charge in [-0.1, -0.05) is 6.07 Å². The summed E-state index contributed by atoms with van der Waals surface area (Å²) in [6, 6.07) is 4.35. The molecular weight excluding hydrogens is 234 g/mol. The first-order valence-corrected chi connectivity index (χ1v) is 6.18. The standard InChI is InChI=1S/C11H15N5S/c1-7-10(13-6-14-11(7)16-12)15-8(2)9-4-3-5-17-9/h3-6,8H,12H2,1-2H3,(H2,13,14,15,16). The molecule has 2 aromatic heterocycles. The second-order valence-electron chi connectivity index (χ2n) is 3.72. The van der Waals surface area contributed by atoms with Crippen molar-refractivity contribution in [3.05, 3.63) is 34.3 Å². The van der Waals surface area contributed by atoms with Crippen LogP contribution >= 0.6 is 11.3 Å². The van der Waals surface area contributed by atoms with Gasteiger partial charge in [-0.3, -0.25) is 0 Å². The fourth-order valence-corrected chi connectivity index (χ4v) is 2.29. The molecule has 0 radical (unpaired) electrons. The number of nitrogen functional groups attached to an aromatic ring is 1. The van der Waals surface area contributed by atoms with E-state index in [1.165, 1.54) is 11.2 Å². The van der Waals surface area contributed by atoms with E-state index in [4.69, 9.17) is 5.84 Å². The monoisotopic (exact) mass is 249 g/mol. The van der Waals surface area contributed by atoms with E-state index in [2.05, 4.69) is 39.1 Å². The predicted octanol–water partition coefficient (Wildman–Crippen LogP) is 2.31. The molecule has 17 heavy (non-hydrogen) atoms. The van der Waals surface area contributed by atoms with Crippen LogP contribution in [0.2, 0.25) is 0 Å². The third kappa shape index (κ3) is 2.54. The van der Waals surface area contributed by atoms with Crippen LogP contribution in [0, 0.1) is 6.92 Å². The van der Waals surface area contributed by atoms with Gasteiger partial charge >= 0.3 is 0 Å². The molecular formula is C11H15N5S. The lowest BCUT2D eigenvalue weighted by molar-refractivity contribution is 0.888. The van der Waals surface area contributed by atoms with Gasteiger partial charge in [0.1, 0.15) is 18.0 Å². The van der Waals surface area contributed by atoms with E-state index in [0.717, 1.165) is 11.4 Å². The Bertz CT molecular complexity index is 483. The lowest BCUT2D eigenvalue weighted by Gasteiger charge is -2.15. The molecule has 6 heteroatoms. The van der Waals surface area contributed by atoms with E-state index < -0.39 is 0 Å². The Balaban J connectivity index is 2.19. The van der Waals surface area contributed by atoms with Gasteiger partial charge in [-0.05, 0) is 25.3 Å². The maximum Gasteiger partial charge on any atom is 0.148 e. The highest BCUT2D eigenvalue weighted by Crippen LogP contribution is 2.25. The number of nitrogens with two attached hydrogens (primary N) is 1. The van der Waals surface area contributed by atoms with Gasteiger partial charge in [0.25, 0.3) is 0 Å².